The Morgan fingerprint density at radius 1 is 0.941 bits per heavy atom. The fourth-order valence-corrected chi connectivity index (χ4v) is 2.25. The molecule has 1 atom stereocenters. The number of aliphatic hydroxyl groups excluding tert-OH is 1. The van der Waals surface area contributed by atoms with Crippen LogP contribution in [-0.2, 0) is 0 Å². The molecule has 1 nitrogen and oxygen atoms in total. The minimum absolute atomic E-state index is 0.313. The molecule has 0 aliphatic rings. The maximum absolute atomic E-state index is 8.88. The van der Waals surface area contributed by atoms with Gasteiger partial charge in [0.1, 0.15) is 0 Å². The van der Waals surface area contributed by atoms with Crippen LogP contribution in [-0.4, -0.2) is 11.7 Å². The van der Waals surface area contributed by atoms with Crippen LogP contribution >= 0.6 is 0 Å². The first-order valence-electron chi connectivity index (χ1n) is 7.65. The first-order chi connectivity index (χ1) is 8.22. The molecule has 0 aromatic heterocycles. The van der Waals surface area contributed by atoms with Crippen LogP contribution in [0.2, 0.25) is 0 Å². The molecule has 1 unspecified atom stereocenters. The highest BCUT2D eigenvalue weighted by molar-refractivity contribution is 4.88. The van der Waals surface area contributed by atoms with Gasteiger partial charge in [0.2, 0.25) is 0 Å². The van der Waals surface area contributed by atoms with Crippen molar-refractivity contribution in [2.75, 3.05) is 6.61 Å². The lowest BCUT2D eigenvalue weighted by molar-refractivity contribution is 0.282. The Morgan fingerprint density at radius 3 is 2.00 bits per heavy atom. The summed E-state index contributed by atoms with van der Waals surface area (Å²) in [7, 11) is 0. The van der Waals surface area contributed by atoms with Gasteiger partial charge >= 0.3 is 0 Å². The summed E-state index contributed by atoms with van der Waals surface area (Å²) in [5, 5.41) is 8.88. The quantitative estimate of drug-likeness (QED) is 0.470. The molecular weight excluding hydrogens is 208 g/mol. The number of hydrogen-bond acceptors (Lipinski definition) is 1. The number of unbranched alkanes of at least 4 members (excludes halogenated alkanes) is 7. The predicted molar refractivity (Wildman–Crippen MR) is 77.0 cm³/mol. The van der Waals surface area contributed by atoms with Gasteiger partial charge in [-0.3, -0.25) is 0 Å². The number of rotatable bonds is 12. The van der Waals surface area contributed by atoms with E-state index in [1.807, 2.05) is 0 Å². The molecule has 0 rings (SSSR count). The maximum atomic E-state index is 8.88. The van der Waals surface area contributed by atoms with E-state index in [4.69, 9.17) is 5.11 Å². The normalized spacial score (nSPS) is 13.2. The topological polar surface area (TPSA) is 20.2 Å². The molecule has 0 saturated carbocycles. The lowest BCUT2D eigenvalue weighted by Gasteiger charge is -2.18. The van der Waals surface area contributed by atoms with Gasteiger partial charge in [0.05, 0.1) is 0 Å². The third kappa shape index (κ3) is 10.8. The molecule has 103 valence electrons. The number of hydrogen-bond donors (Lipinski definition) is 1. The lowest BCUT2D eigenvalue weighted by Crippen LogP contribution is -2.07. The van der Waals surface area contributed by atoms with Crippen LogP contribution in [0.1, 0.15) is 85.0 Å². The third-order valence-corrected chi connectivity index (χ3v) is 3.84. The van der Waals surface area contributed by atoms with Gasteiger partial charge in [-0.05, 0) is 18.3 Å². The Kier molecular flexibility index (Phi) is 12.4. The smallest absolute Gasteiger partial charge is 0.0436 e. The molecule has 1 N–H and O–H groups in total. The Balaban J connectivity index is 3.21. The van der Waals surface area contributed by atoms with Crippen molar-refractivity contribution < 1.29 is 5.11 Å². The molecule has 0 bridgehead atoms. The molecule has 17 heavy (non-hydrogen) atoms. The Morgan fingerprint density at radius 2 is 1.47 bits per heavy atom. The van der Waals surface area contributed by atoms with E-state index in [9.17, 15) is 0 Å². The van der Waals surface area contributed by atoms with E-state index in [1.165, 1.54) is 63.7 Å². The van der Waals surface area contributed by atoms with Crippen LogP contribution < -0.4 is 0 Å². The van der Waals surface area contributed by atoms with Crippen molar-refractivity contribution >= 4 is 0 Å². The van der Waals surface area contributed by atoms with Gasteiger partial charge in [0.25, 0.3) is 0 Å². The molecule has 1 radical (unpaired) electrons. The van der Waals surface area contributed by atoms with Gasteiger partial charge in [0.15, 0.2) is 0 Å². The van der Waals surface area contributed by atoms with E-state index < -0.39 is 0 Å². The van der Waals surface area contributed by atoms with Gasteiger partial charge in [-0.15, -0.1) is 0 Å². The summed E-state index contributed by atoms with van der Waals surface area (Å²) in [5.74, 6) is 2.16. The van der Waals surface area contributed by atoms with Gasteiger partial charge in [-0.2, -0.15) is 0 Å². The fourth-order valence-electron chi connectivity index (χ4n) is 2.25. The van der Waals surface area contributed by atoms with Crippen molar-refractivity contribution in [1.82, 2.24) is 0 Å². The van der Waals surface area contributed by atoms with Crippen LogP contribution in [0.15, 0.2) is 0 Å². The molecular formula is C16H33O. The van der Waals surface area contributed by atoms with Crippen LogP contribution in [0, 0.1) is 11.8 Å². The second-order valence-corrected chi connectivity index (χ2v) is 5.48. The molecule has 0 heterocycles. The average Bonchev–Trinajstić information content (AvgIpc) is 2.32. The van der Waals surface area contributed by atoms with E-state index in [0.717, 1.165) is 6.42 Å². The van der Waals surface area contributed by atoms with E-state index in [2.05, 4.69) is 20.8 Å². The predicted octanol–water partition coefficient (Wildman–Crippen LogP) is 5.13. The zero-order chi connectivity index (χ0) is 12.9. The van der Waals surface area contributed by atoms with Crippen LogP contribution in [0.5, 0.6) is 0 Å². The second kappa shape index (κ2) is 12.4. The van der Waals surface area contributed by atoms with Gasteiger partial charge in [0, 0.05) is 6.61 Å². The van der Waals surface area contributed by atoms with Gasteiger partial charge < -0.3 is 5.11 Å². The highest BCUT2D eigenvalue weighted by Gasteiger charge is 2.11. The van der Waals surface area contributed by atoms with Crippen molar-refractivity contribution in [3.05, 3.63) is 5.92 Å². The highest BCUT2D eigenvalue weighted by Crippen LogP contribution is 2.23. The van der Waals surface area contributed by atoms with Crippen molar-refractivity contribution in [2.45, 2.75) is 85.0 Å². The van der Waals surface area contributed by atoms with Crippen LogP contribution in [0.25, 0.3) is 0 Å². The van der Waals surface area contributed by atoms with E-state index in [-0.39, 0.29) is 0 Å². The summed E-state index contributed by atoms with van der Waals surface area (Å²) in [4.78, 5) is 0. The zero-order valence-corrected chi connectivity index (χ0v) is 12.3. The Hall–Kier alpha value is -0.0400. The minimum Gasteiger partial charge on any atom is -0.396 e. The van der Waals surface area contributed by atoms with E-state index >= 15 is 0 Å². The highest BCUT2D eigenvalue weighted by atomic mass is 16.3. The molecule has 1 heteroatoms. The second-order valence-electron chi connectivity index (χ2n) is 5.48. The SMILES string of the molecule is CCCCCCCCCCC(C)[C](C)CCO. The molecule has 0 fully saturated rings. The maximum Gasteiger partial charge on any atom is 0.0436 e. The Bertz CT molecular complexity index is 144. The molecule has 0 amide bonds. The first-order valence-corrected chi connectivity index (χ1v) is 7.65. The first kappa shape index (κ1) is 17.0. The van der Waals surface area contributed by atoms with Crippen LogP contribution in [0.3, 0.4) is 0 Å². The largest absolute Gasteiger partial charge is 0.396 e. The summed E-state index contributed by atoms with van der Waals surface area (Å²) in [6, 6.07) is 0. The van der Waals surface area contributed by atoms with Crippen LogP contribution in [0.4, 0.5) is 0 Å². The van der Waals surface area contributed by atoms with Gasteiger partial charge in [-0.1, -0.05) is 78.6 Å². The standard InChI is InChI=1S/C16H33O/c1-4-5-6-7-8-9-10-11-12-15(2)16(3)13-14-17/h15,17H,4-14H2,1-3H3. The van der Waals surface area contributed by atoms with Crippen molar-refractivity contribution in [3.63, 3.8) is 0 Å². The lowest BCUT2D eigenvalue weighted by atomic mass is 9.88. The summed E-state index contributed by atoms with van der Waals surface area (Å²) in [6.45, 7) is 7.07. The fraction of sp³-hybridized carbons (Fsp3) is 0.938. The van der Waals surface area contributed by atoms with Crippen molar-refractivity contribution in [3.8, 4) is 0 Å². The summed E-state index contributed by atoms with van der Waals surface area (Å²) in [5.41, 5.74) is 0. The minimum atomic E-state index is 0.313. The molecule has 0 saturated heterocycles. The third-order valence-electron chi connectivity index (χ3n) is 3.84. The van der Waals surface area contributed by atoms with E-state index in [0.29, 0.717) is 12.5 Å². The Labute approximate surface area is 109 Å². The molecule has 0 spiro atoms. The van der Waals surface area contributed by atoms with Crippen molar-refractivity contribution in [2.24, 2.45) is 5.92 Å². The number of aliphatic hydroxyl groups is 1. The zero-order valence-electron chi connectivity index (χ0n) is 12.3. The molecule has 0 aromatic carbocycles. The van der Waals surface area contributed by atoms with E-state index in [1.54, 1.807) is 0 Å². The summed E-state index contributed by atoms with van der Waals surface area (Å²) < 4.78 is 0. The molecule has 0 aliphatic heterocycles. The monoisotopic (exact) mass is 241 g/mol. The molecule has 0 aliphatic carbocycles. The van der Waals surface area contributed by atoms with Gasteiger partial charge in [-0.25, -0.2) is 0 Å². The average molecular weight is 241 g/mol. The molecule has 0 aromatic rings. The summed E-state index contributed by atoms with van der Waals surface area (Å²) in [6.07, 6.45) is 13.4. The van der Waals surface area contributed by atoms with Crippen molar-refractivity contribution in [1.29, 1.82) is 0 Å². The summed E-state index contributed by atoms with van der Waals surface area (Å²) >= 11 is 0.